The molecule has 0 aromatic heterocycles. The minimum absolute atomic E-state index is 0.0538. The lowest BCUT2D eigenvalue weighted by molar-refractivity contribution is -0.384. The maximum Gasteiger partial charge on any atom is 0.343 e. The van der Waals surface area contributed by atoms with E-state index in [4.69, 9.17) is 4.74 Å². The van der Waals surface area contributed by atoms with Gasteiger partial charge < -0.3 is 4.74 Å². The number of esters is 1. The number of rotatable bonds is 6. The molecule has 2 amide bonds. The standard InChI is InChI=1S/C28H18N2O6S/c31-26-25(37-28(33)29(26)17-21-8-3-6-19-5-1-2-10-24(19)21)15-18-11-13-23(14-12-18)36-27(32)20-7-4-9-22(16-20)30(34)35/h1-16H,17H2/b25-15-. The Morgan fingerprint density at radius 2 is 1.68 bits per heavy atom. The summed E-state index contributed by atoms with van der Waals surface area (Å²) in [5.74, 6) is -0.868. The second-order valence-electron chi connectivity index (χ2n) is 8.17. The molecule has 0 aliphatic carbocycles. The van der Waals surface area contributed by atoms with Crippen LogP contribution in [0.15, 0.2) is 95.9 Å². The van der Waals surface area contributed by atoms with Crippen molar-refractivity contribution in [2.75, 3.05) is 0 Å². The Bertz CT molecular complexity index is 1590. The van der Waals surface area contributed by atoms with Crippen LogP contribution in [0.3, 0.4) is 0 Å². The fourth-order valence-corrected chi connectivity index (χ4v) is 4.77. The second kappa shape index (κ2) is 10.1. The number of nitro groups is 1. The third-order valence-electron chi connectivity index (χ3n) is 5.76. The molecule has 9 heteroatoms. The van der Waals surface area contributed by atoms with Gasteiger partial charge in [0.2, 0.25) is 0 Å². The molecule has 1 fully saturated rings. The van der Waals surface area contributed by atoms with E-state index < -0.39 is 10.9 Å². The Morgan fingerprint density at radius 3 is 2.46 bits per heavy atom. The van der Waals surface area contributed by atoms with Crippen LogP contribution in [-0.2, 0) is 11.3 Å². The van der Waals surface area contributed by atoms with Crippen LogP contribution in [0.4, 0.5) is 10.5 Å². The van der Waals surface area contributed by atoms with Gasteiger partial charge in [0, 0.05) is 12.1 Å². The first kappa shape index (κ1) is 24.0. The SMILES string of the molecule is O=C(Oc1ccc(/C=C2\SC(=O)N(Cc3cccc4ccccc34)C2=O)cc1)c1cccc([N+](=O)[O-])c1. The fraction of sp³-hybridized carbons (Fsp3) is 0.0357. The second-order valence-corrected chi connectivity index (χ2v) is 9.17. The summed E-state index contributed by atoms with van der Waals surface area (Å²) < 4.78 is 5.30. The summed E-state index contributed by atoms with van der Waals surface area (Å²) in [5, 5.41) is 12.6. The van der Waals surface area contributed by atoms with Crippen LogP contribution in [-0.4, -0.2) is 26.9 Å². The van der Waals surface area contributed by atoms with Crippen molar-refractivity contribution in [2.45, 2.75) is 6.54 Å². The van der Waals surface area contributed by atoms with Crippen LogP contribution in [0, 0.1) is 10.1 Å². The number of carbonyl (C=O) groups excluding carboxylic acids is 3. The Morgan fingerprint density at radius 1 is 0.946 bits per heavy atom. The highest BCUT2D eigenvalue weighted by molar-refractivity contribution is 8.18. The van der Waals surface area contributed by atoms with E-state index in [9.17, 15) is 24.5 Å². The maximum atomic E-state index is 13.0. The lowest BCUT2D eigenvalue weighted by Crippen LogP contribution is -2.27. The van der Waals surface area contributed by atoms with Crippen molar-refractivity contribution in [1.82, 2.24) is 4.90 Å². The molecule has 0 saturated carbocycles. The monoisotopic (exact) mass is 510 g/mol. The molecule has 8 nitrogen and oxygen atoms in total. The Hall–Kier alpha value is -4.76. The van der Waals surface area contributed by atoms with E-state index in [2.05, 4.69) is 0 Å². The molecule has 4 aromatic rings. The molecule has 4 aromatic carbocycles. The first-order chi connectivity index (χ1) is 17.9. The number of hydrogen-bond acceptors (Lipinski definition) is 7. The quantitative estimate of drug-likeness (QED) is 0.0999. The van der Waals surface area contributed by atoms with Crippen LogP contribution >= 0.6 is 11.8 Å². The first-order valence-electron chi connectivity index (χ1n) is 11.2. The van der Waals surface area contributed by atoms with Crippen LogP contribution < -0.4 is 4.74 Å². The van der Waals surface area contributed by atoms with Crippen molar-refractivity contribution < 1.29 is 24.0 Å². The molecule has 1 aliphatic heterocycles. The van der Waals surface area contributed by atoms with E-state index in [1.165, 1.54) is 23.1 Å². The zero-order valence-corrected chi connectivity index (χ0v) is 20.0. The molecule has 0 radical (unpaired) electrons. The number of nitro benzene ring substituents is 1. The molecular formula is C28H18N2O6S. The highest BCUT2D eigenvalue weighted by atomic mass is 32.2. The number of benzene rings is 4. The van der Waals surface area contributed by atoms with Crippen molar-refractivity contribution in [3.8, 4) is 5.75 Å². The predicted molar refractivity (Wildman–Crippen MR) is 140 cm³/mol. The lowest BCUT2D eigenvalue weighted by Gasteiger charge is -2.14. The van der Waals surface area contributed by atoms with Gasteiger partial charge in [0.25, 0.3) is 16.8 Å². The summed E-state index contributed by atoms with van der Waals surface area (Å²) in [6.45, 7) is 0.176. The number of hydrogen-bond donors (Lipinski definition) is 0. The number of nitrogens with zero attached hydrogens (tertiary/aromatic N) is 2. The molecule has 182 valence electrons. The molecule has 0 atom stereocenters. The molecule has 0 spiro atoms. The van der Waals surface area contributed by atoms with Gasteiger partial charge in [0.05, 0.1) is 21.9 Å². The number of imide groups is 1. The summed E-state index contributed by atoms with van der Waals surface area (Å²) in [4.78, 5) is 49.8. The van der Waals surface area contributed by atoms with Crippen LogP contribution in [0.5, 0.6) is 5.75 Å². The first-order valence-corrected chi connectivity index (χ1v) is 12.0. The third-order valence-corrected chi connectivity index (χ3v) is 6.67. The molecular weight excluding hydrogens is 492 g/mol. The van der Waals surface area contributed by atoms with Gasteiger partial charge in [-0.1, -0.05) is 60.7 Å². The normalized spacial score (nSPS) is 14.4. The number of non-ortho nitro benzene ring substituents is 1. The van der Waals surface area contributed by atoms with Gasteiger partial charge in [0.15, 0.2) is 0 Å². The van der Waals surface area contributed by atoms with Gasteiger partial charge in [-0.05, 0) is 57.9 Å². The van der Waals surface area contributed by atoms with Crippen molar-refractivity contribution in [2.24, 2.45) is 0 Å². The number of fused-ring (bicyclic) bond motifs is 1. The van der Waals surface area contributed by atoms with Gasteiger partial charge in [-0.2, -0.15) is 0 Å². The molecule has 1 aliphatic rings. The minimum Gasteiger partial charge on any atom is -0.423 e. The number of ether oxygens (including phenoxy) is 1. The van der Waals surface area contributed by atoms with E-state index in [1.54, 1.807) is 30.3 Å². The zero-order chi connectivity index (χ0) is 25.9. The average Bonchev–Trinajstić information content (AvgIpc) is 3.17. The van der Waals surface area contributed by atoms with Crippen LogP contribution in [0.2, 0.25) is 0 Å². The van der Waals surface area contributed by atoms with Gasteiger partial charge in [-0.3, -0.25) is 24.6 Å². The Labute approximate surface area is 215 Å². The topological polar surface area (TPSA) is 107 Å². The largest absolute Gasteiger partial charge is 0.423 e. The van der Waals surface area contributed by atoms with Gasteiger partial charge in [0.1, 0.15) is 5.75 Å². The van der Waals surface area contributed by atoms with Gasteiger partial charge >= 0.3 is 5.97 Å². The Balaban J connectivity index is 1.28. The van der Waals surface area contributed by atoms with Crippen molar-refractivity contribution in [3.05, 3.63) is 123 Å². The maximum absolute atomic E-state index is 13.0. The van der Waals surface area contributed by atoms with Crippen molar-refractivity contribution in [1.29, 1.82) is 0 Å². The summed E-state index contributed by atoms with van der Waals surface area (Å²) in [7, 11) is 0. The molecule has 0 unspecified atom stereocenters. The van der Waals surface area contributed by atoms with E-state index in [0.717, 1.165) is 34.2 Å². The molecule has 37 heavy (non-hydrogen) atoms. The minimum atomic E-state index is -0.731. The molecule has 1 saturated heterocycles. The summed E-state index contributed by atoms with van der Waals surface area (Å²) in [6, 6.07) is 25.2. The zero-order valence-electron chi connectivity index (χ0n) is 19.2. The van der Waals surface area contributed by atoms with Crippen molar-refractivity contribution >= 4 is 51.4 Å². The average molecular weight is 511 g/mol. The van der Waals surface area contributed by atoms with E-state index >= 15 is 0 Å². The smallest absolute Gasteiger partial charge is 0.343 e. The van der Waals surface area contributed by atoms with E-state index in [0.29, 0.717) is 10.5 Å². The van der Waals surface area contributed by atoms with Gasteiger partial charge in [-0.25, -0.2) is 4.79 Å². The number of carbonyl (C=O) groups is 3. The third kappa shape index (κ3) is 5.12. The van der Waals surface area contributed by atoms with Crippen LogP contribution in [0.25, 0.3) is 16.8 Å². The fourth-order valence-electron chi connectivity index (χ4n) is 3.93. The lowest BCUT2D eigenvalue weighted by atomic mass is 10.0. The molecule has 0 N–H and O–H groups in total. The highest BCUT2D eigenvalue weighted by Gasteiger charge is 2.35. The molecule has 5 rings (SSSR count). The summed E-state index contributed by atoms with van der Waals surface area (Å²) >= 11 is 0.875. The molecule has 0 bridgehead atoms. The summed E-state index contributed by atoms with van der Waals surface area (Å²) in [6.07, 6.45) is 1.61. The van der Waals surface area contributed by atoms with Crippen LogP contribution in [0.1, 0.15) is 21.5 Å². The van der Waals surface area contributed by atoms with E-state index in [1.807, 2.05) is 42.5 Å². The Kier molecular flexibility index (Phi) is 6.53. The number of amides is 2. The highest BCUT2D eigenvalue weighted by Crippen LogP contribution is 2.34. The predicted octanol–water partition coefficient (Wildman–Crippen LogP) is 6.20. The molecule has 1 heterocycles. The number of thioether (sulfide) groups is 1. The summed E-state index contributed by atoms with van der Waals surface area (Å²) in [5.41, 5.74) is 1.37. The van der Waals surface area contributed by atoms with Crippen molar-refractivity contribution in [3.63, 3.8) is 0 Å². The van der Waals surface area contributed by atoms with Gasteiger partial charge in [-0.15, -0.1) is 0 Å². The van der Waals surface area contributed by atoms with E-state index in [-0.39, 0.29) is 34.7 Å².